The number of hydrogen-bond donors (Lipinski definition) is 2. The summed E-state index contributed by atoms with van der Waals surface area (Å²) in [5, 5.41) is 20.9. The summed E-state index contributed by atoms with van der Waals surface area (Å²) in [4.78, 5) is 22.8. The minimum Gasteiger partial charge on any atom is -0.482 e. The minimum absolute atomic E-state index is 0.170. The lowest BCUT2D eigenvalue weighted by Crippen LogP contribution is -2.13. The van der Waals surface area contributed by atoms with Crippen LogP contribution in [0.15, 0.2) is 48.0 Å². The zero-order chi connectivity index (χ0) is 19.1. The number of carboxylic acid groups (broad SMARTS) is 1. The van der Waals surface area contributed by atoms with Gasteiger partial charge < -0.3 is 15.2 Å². The van der Waals surface area contributed by atoms with Crippen LogP contribution in [0, 0.1) is 11.3 Å². The van der Waals surface area contributed by atoms with Crippen LogP contribution in [0.25, 0.3) is 6.08 Å². The maximum atomic E-state index is 12.3. The van der Waals surface area contributed by atoms with E-state index in [1.54, 1.807) is 36.4 Å². The monoisotopic (exact) mass is 390 g/mol. The molecular formula is C18H12Cl2N2O4. The molecule has 2 aromatic rings. The Kier molecular flexibility index (Phi) is 6.61. The average molecular weight is 391 g/mol. The van der Waals surface area contributed by atoms with Crippen molar-refractivity contribution in [3.63, 3.8) is 0 Å². The van der Waals surface area contributed by atoms with Crippen LogP contribution in [0.4, 0.5) is 5.69 Å². The Balaban J connectivity index is 2.20. The molecule has 0 aromatic heterocycles. The number of ether oxygens (including phenoxy) is 1. The van der Waals surface area contributed by atoms with Crippen molar-refractivity contribution in [2.45, 2.75) is 0 Å². The maximum Gasteiger partial charge on any atom is 0.341 e. The highest BCUT2D eigenvalue weighted by molar-refractivity contribution is 6.44. The van der Waals surface area contributed by atoms with Crippen LogP contribution < -0.4 is 10.1 Å². The van der Waals surface area contributed by atoms with Gasteiger partial charge >= 0.3 is 5.97 Å². The van der Waals surface area contributed by atoms with Gasteiger partial charge in [0, 0.05) is 0 Å². The van der Waals surface area contributed by atoms with Crippen molar-refractivity contribution in [1.29, 1.82) is 5.26 Å². The highest BCUT2D eigenvalue weighted by Crippen LogP contribution is 2.29. The zero-order valence-corrected chi connectivity index (χ0v) is 14.7. The second-order valence-electron chi connectivity index (χ2n) is 4.98. The number of benzene rings is 2. The molecule has 1 amide bonds. The van der Waals surface area contributed by atoms with Gasteiger partial charge in [-0.15, -0.1) is 0 Å². The lowest BCUT2D eigenvalue weighted by Gasteiger charge is -2.08. The van der Waals surface area contributed by atoms with Crippen LogP contribution in [0.5, 0.6) is 5.75 Å². The molecule has 0 spiro atoms. The second kappa shape index (κ2) is 8.90. The first-order valence-electron chi connectivity index (χ1n) is 7.22. The highest BCUT2D eigenvalue weighted by atomic mass is 35.5. The topological polar surface area (TPSA) is 99.4 Å². The normalized spacial score (nSPS) is 10.7. The van der Waals surface area contributed by atoms with E-state index in [4.69, 9.17) is 33.0 Å². The summed E-state index contributed by atoms with van der Waals surface area (Å²) in [6.45, 7) is -0.494. The Bertz CT molecular complexity index is 920. The Morgan fingerprint density at radius 3 is 2.65 bits per heavy atom. The van der Waals surface area contributed by atoms with E-state index in [1.165, 1.54) is 12.1 Å². The highest BCUT2D eigenvalue weighted by Gasteiger charge is 2.13. The molecule has 0 atom stereocenters. The standard InChI is InChI=1S/C18H12Cl2N2O4/c19-14-5-2-6-15(17(14)20)22-18(25)12(9-21)7-11-3-1-4-13(8-11)26-10-16(23)24/h1-8H,10H2,(H,22,25)(H,23,24)/b12-7+. The van der Waals surface area contributed by atoms with E-state index in [2.05, 4.69) is 5.32 Å². The third-order valence-electron chi connectivity index (χ3n) is 3.10. The van der Waals surface area contributed by atoms with Gasteiger partial charge in [-0.2, -0.15) is 5.26 Å². The fraction of sp³-hybridized carbons (Fsp3) is 0.0556. The van der Waals surface area contributed by atoms with Crippen molar-refractivity contribution < 1.29 is 19.4 Å². The Hall–Kier alpha value is -3.01. The fourth-order valence-electron chi connectivity index (χ4n) is 1.94. The quantitative estimate of drug-likeness (QED) is 0.573. The zero-order valence-electron chi connectivity index (χ0n) is 13.2. The van der Waals surface area contributed by atoms with Gasteiger partial charge in [-0.1, -0.05) is 41.4 Å². The summed E-state index contributed by atoms with van der Waals surface area (Å²) in [6.07, 6.45) is 1.35. The molecule has 0 aliphatic heterocycles. The van der Waals surface area contributed by atoms with E-state index in [1.807, 2.05) is 6.07 Å². The first-order valence-corrected chi connectivity index (χ1v) is 7.98. The molecule has 6 nitrogen and oxygen atoms in total. The maximum absolute atomic E-state index is 12.3. The molecular weight excluding hydrogens is 379 g/mol. The van der Waals surface area contributed by atoms with Crippen molar-refractivity contribution in [1.82, 2.24) is 0 Å². The van der Waals surface area contributed by atoms with Crippen LogP contribution in [0.1, 0.15) is 5.56 Å². The smallest absolute Gasteiger partial charge is 0.341 e. The van der Waals surface area contributed by atoms with Crippen molar-refractivity contribution >= 4 is 46.8 Å². The second-order valence-corrected chi connectivity index (χ2v) is 5.77. The largest absolute Gasteiger partial charge is 0.482 e. The Morgan fingerprint density at radius 2 is 1.96 bits per heavy atom. The number of nitrogens with zero attached hydrogens (tertiary/aromatic N) is 1. The number of carbonyl (C=O) groups is 2. The van der Waals surface area contributed by atoms with Gasteiger partial charge in [0.1, 0.15) is 17.4 Å². The van der Waals surface area contributed by atoms with E-state index in [9.17, 15) is 14.9 Å². The summed E-state index contributed by atoms with van der Waals surface area (Å²) < 4.78 is 5.06. The van der Waals surface area contributed by atoms with Gasteiger partial charge in [-0.3, -0.25) is 4.79 Å². The number of carboxylic acids is 1. The molecule has 2 aromatic carbocycles. The van der Waals surface area contributed by atoms with Gasteiger partial charge in [0.05, 0.1) is 15.7 Å². The van der Waals surface area contributed by atoms with Crippen molar-refractivity contribution in [2.24, 2.45) is 0 Å². The van der Waals surface area contributed by atoms with Crippen LogP contribution in [-0.4, -0.2) is 23.6 Å². The van der Waals surface area contributed by atoms with Gasteiger partial charge in [0.2, 0.25) is 0 Å². The number of nitrogens with one attached hydrogen (secondary N) is 1. The molecule has 2 N–H and O–H groups in total. The van der Waals surface area contributed by atoms with Crippen molar-refractivity contribution in [3.8, 4) is 11.8 Å². The minimum atomic E-state index is -1.11. The molecule has 0 unspecified atom stereocenters. The summed E-state index contributed by atoms with van der Waals surface area (Å²) in [7, 11) is 0. The van der Waals surface area contributed by atoms with E-state index in [0.29, 0.717) is 11.3 Å². The number of aliphatic carboxylic acids is 1. The van der Waals surface area contributed by atoms with Gasteiger partial charge in [-0.25, -0.2) is 4.79 Å². The van der Waals surface area contributed by atoms with E-state index >= 15 is 0 Å². The molecule has 0 radical (unpaired) electrons. The van der Waals surface area contributed by atoms with E-state index in [-0.39, 0.29) is 21.3 Å². The molecule has 0 saturated heterocycles. The third kappa shape index (κ3) is 5.24. The lowest BCUT2D eigenvalue weighted by atomic mass is 10.1. The summed E-state index contributed by atoms with van der Waals surface area (Å²) in [6, 6.07) is 12.9. The van der Waals surface area contributed by atoms with Gasteiger partial charge in [0.15, 0.2) is 6.61 Å². The van der Waals surface area contributed by atoms with Crippen LogP contribution in [0.3, 0.4) is 0 Å². The average Bonchev–Trinajstić information content (AvgIpc) is 2.62. The summed E-state index contributed by atoms with van der Waals surface area (Å²) >= 11 is 11.9. The van der Waals surface area contributed by atoms with Crippen LogP contribution >= 0.6 is 23.2 Å². The van der Waals surface area contributed by atoms with Crippen LogP contribution in [0.2, 0.25) is 10.0 Å². The van der Waals surface area contributed by atoms with Gasteiger partial charge in [-0.05, 0) is 35.9 Å². The number of nitriles is 1. The third-order valence-corrected chi connectivity index (χ3v) is 3.92. The molecule has 2 rings (SSSR count). The Morgan fingerprint density at radius 1 is 1.23 bits per heavy atom. The molecule has 132 valence electrons. The molecule has 0 aliphatic rings. The first-order chi connectivity index (χ1) is 12.4. The van der Waals surface area contributed by atoms with Gasteiger partial charge in [0.25, 0.3) is 5.91 Å². The number of anilines is 1. The number of halogens is 2. The predicted molar refractivity (Wildman–Crippen MR) is 98.3 cm³/mol. The molecule has 0 aliphatic carbocycles. The fourth-order valence-corrected chi connectivity index (χ4v) is 2.29. The number of carbonyl (C=O) groups excluding carboxylic acids is 1. The predicted octanol–water partition coefficient (Wildman–Crippen LogP) is 4.00. The number of amides is 1. The van der Waals surface area contributed by atoms with E-state index < -0.39 is 18.5 Å². The number of rotatable bonds is 6. The molecule has 26 heavy (non-hydrogen) atoms. The SMILES string of the molecule is N#C/C(=C\c1cccc(OCC(=O)O)c1)C(=O)Nc1cccc(Cl)c1Cl. The van der Waals surface area contributed by atoms with Crippen molar-refractivity contribution in [2.75, 3.05) is 11.9 Å². The lowest BCUT2D eigenvalue weighted by molar-refractivity contribution is -0.139. The van der Waals surface area contributed by atoms with E-state index in [0.717, 1.165) is 0 Å². The molecule has 0 bridgehead atoms. The summed E-state index contributed by atoms with van der Waals surface area (Å²) in [5.74, 6) is -1.47. The Labute approximate surface area is 159 Å². The first kappa shape index (κ1) is 19.3. The molecule has 0 heterocycles. The number of hydrogen-bond acceptors (Lipinski definition) is 4. The molecule has 8 heteroatoms. The van der Waals surface area contributed by atoms with Crippen LogP contribution in [-0.2, 0) is 9.59 Å². The van der Waals surface area contributed by atoms with Crippen molar-refractivity contribution in [3.05, 3.63) is 63.6 Å². The molecule has 0 fully saturated rings. The molecule has 0 saturated carbocycles. The summed E-state index contributed by atoms with van der Waals surface area (Å²) in [5.41, 5.74) is 0.608.